The summed E-state index contributed by atoms with van der Waals surface area (Å²) < 4.78 is 15.5. The van der Waals surface area contributed by atoms with Crippen molar-refractivity contribution in [3.8, 4) is 0 Å². The van der Waals surface area contributed by atoms with E-state index in [2.05, 4.69) is 15.7 Å². The first-order valence-electron chi connectivity index (χ1n) is 8.06. The van der Waals surface area contributed by atoms with E-state index in [1.165, 1.54) is 18.2 Å². The van der Waals surface area contributed by atoms with Crippen molar-refractivity contribution in [3.63, 3.8) is 0 Å². The van der Waals surface area contributed by atoms with E-state index in [9.17, 15) is 14.3 Å². The smallest absolute Gasteiger partial charge is 0.225 e. The van der Waals surface area contributed by atoms with Gasteiger partial charge in [-0.25, -0.2) is 4.39 Å². The quantitative estimate of drug-likeness (QED) is 0.712. The number of hydrogen-bond acceptors (Lipinski definition) is 4. The van der Waals surface area contributed by atoms with E-state index >= 15 is 0 Å². The number of aryl methyl sites for hydroxylation is 1. The Kier molecular flexibility index (Phi) is 7.00. The van der Waals surface area contributed by atoms with Gasteiger partial charge in [0, 0.05) is 49.4 Å². The summed E-state index contributed by atoms with van der Waals surface area (Å²) in [5.74, 6) is -1.04. The van der Waals surface area contributed by atoms with Crippen LogP contribution in [0, 0.1) is 11.7 Å². The standard InChI is InChI=1S/C17H20ClFN4O2.ClH/c1-23-9-10(5-22-23)11-6-20-7-12(11)17(25)21-8-15(24)16-13(18)3-2-4-14(16)19;/h2-5,9,11-12,15,20,24H,6-8H2,1H3,(H,21,25);1H/t11-,12+,15?;/m1./s1. The van der Waals surface area contributed by atoms with Crippen molar-refractivity contribution in [1.29, 1.82) is 0 Å². The number of rotatable bonds is 5. The fourth-order valence-corrected chi connectivity index (χ4v) is 3.48. The van der Waals surface area contributed by atoms with E-state index in [-0.39, 0.29) is 47.3 Å². The van der Waals surface area contributed by atoms with Gasteiger partial charge in [-0.15, -0.1) is 12.4 Å². The molecule has 1 amide bonds. The SMILES string of the molecule is Cl.Cn1cc([C@H]2CNC[C@@H]2C(=O)NCC(O)c2c(F)cccc2Cl)cn1. The monoisotopic (exact) mass is 402 g/mol. The highest BCUT2D eigenvalue weighted by Gasteiger charge is 2.34. The lowest BCUT2D eigenvalue weighted by Gasteiger charge is -2.19. The summed E-state index contributed by atoms with van der Waals surface area (Å²) in [6.07, 6.45) is 2.45. The highest BCUT2D eigenvalue weighted by molar-refractivity contribution is 6.31. The zero-order valence-corrected chi connectivity index (χ0v) is 15.7. The summed E-state index contributed by atoms with van der Waals surface area (Å²) >= 11 is 5.94. The van der Waals surface area contributed by atoms with Gasteiger partial charge in [0.2, 0.25) is 5.91 Å². The number of halogens is 3. The summed E-state index contributed by atoms with van der Waals surface area (Å²) in [7, 11) is 1.83. The molecule has 1 saturated heterocycles. The molecule has 6 nitrogen and oxygen atoms in total. The summed E-state index contributed by atoms with van der Waals surface area (Å²) in [5, 5.41) is 20.4. The molecule has 0 bridgehead atoms. The topological polar surface area (TPSA) is 79.2 Å². The van der Waals surface area contributed by atoms with Crippen LogP contribution in [-0.4, -0.2) is 40.4 Å². The third-order valence-electron chi connectivity index (χ3n) is 4.51. The number of nitrogens with zero attached hydrogens (tertiary/aromatic N) is 2. The highest BCUT2D eigenvalue weighted by Crippen LogP contribution is 2.29. The fourth-order valence-electron chi connectivity index (χ4n) is 3.20. The zero-order chi connectivity index (χ0) is 18.0. The van der Waals surface area contributed by atoms with Crippen molar-refractivity contribution in [2.24, 2.45) is 13.0 Å². The molecule has 2 heterocycles. The number of aliphatic hydroxyl groups is 1. The van der Waals surface area contributed by atoms with Crippen LogP contribution in [0.4, 0.5) is 4.39 Å². The summed E-state index contributed by atoms with van der Waals surface area (Å²) in [6, 6.07) is 4.20. The third kappa shape index (κ3) is 4.35. The average Bonchev–Trinajstić information content (AvgIpc) is 3.21. The van der Waals surface area contributed by atoms with E-state index in [0.29, 0.717) is 13.1 Å². The molecule has 1 aromatic carbocycles. The molecular formula is C17H21Cl2FN4O2. The molecule has 1 aromatic heterocycles. The lowest BCUT2D eigenvalue weighted by Crippen LogP contribution is -2.36. The zero-order valence-electron chi connectivity index (χ0n) is 14.2. The number of nitrogens with one attached hydrogen (secondary N) is 2. The van der Waals surface area contributed by atoms with Crippen LogP contribution in [0.5, 0.6) is 0 Å². The van der Waals surface area contributed by atoms with E-state index in [1.54, 1.807) is 10.9 Å². The Bertz CT molecular complexity index is 751. The van der Waals surface area contributed by atoms with Crippen molar-refractivity contribution in [1.82, 2.24) is 20.4 Å². The minimum atomic E-state index is -1.20. The Morgan fingerprint density at radius 3 is 2.96 bits per heavy atom. The molecule has 0 spiro atoms. The normalized spacial score (nSPS) is 20.5. The minimum absolute atomic E-state index is 0. The predicted octanol–water partition coefficient (Wildman–Crippen LogP) is 1.79. The van der Waals surface area contributed by atoms with Crippen molar-refractivity contribution >= 4 is 29.9 Å². The molecule has 1 aliphatic rings. The molecule has 3 atom stereocenters. The summed E-state index contributed by atoms with van der Waals surface area (Å²) in [6.45, 7) is 1.13. The fraction of sp³-hybridized carbons (Fsp3) is 0.412. The number of benzene rings is 1. The van der Waals surface area contributed by atoms with Gasteiger partial charge in [-0.1, -0.05) is 17.7 Å². The van der Waals surface area contributed by atoms with Crippen LogP contribution in [0.15, 0.2) is 30.6 Å². The molecule has 26 heavy (non-hydrogen) atoms. The van der Waals surface area contributed by atoms with Gasteiger partial charge in [-0.3, -0.25) is 9.48 Å². The van der Waals surface area contributed by atoms with E-state index in [1.807, 2.05) is 13.2 Å². The van der Waals surface area contributed by atoms with E-state index in [0.717, 1.165) is 5.56 Å². The van der Waals surface area contributed by atoms with E-state index in [4.69, 9.17) is 11.6 Å². The Morgan fingerprint density at radius 1 is 1.54 bits per heavy atom. The van der Waals surface area contributed by atoms with Crippen LogP contribution in [0.1, 0.15) is 23.1 Å². The lowest BCUT2D eigenvalue weighted by atomic mass is 9.90. The predicted molar refractivity (Wildman–Crippen MR) is 98.9 cm³/mol. The molecule has 142 valence electrons. The maximum atomic E-state index is 13.8. The second kappa shape index (κ2) is 8.81. The van der Waals surface area contributed by atoms with Crippen molar-refractivity contribution in [3.05, 3.63) is 52.6 Å². The van der Waals surface area contributed by atoms with Gasteiger partial charge < -0.3 is 15.7 Å². The minimum Gasteiger partial charge on any atom is -0.386 e. The van der Waals surface area contributed by atoms with Gasteiger partial charge in [0.1, 0.15) is 11.9 Å². The number of amides is 1. The van der Waals surface area contributed by atoms with Gasteiger partial charge in [0.25, 0.3) is 0 Å². The van der Waals surface area contributed by atoms with Crippen molar-refractivity contribution in [2.45, 2.75) is 12.0 Å². The number of aliphatic hydroxyl groups excluding tert-OH is 1. The van der Waals surface area contributed by atoms with Crippen LogP contribution in [0.25, 0.3) is 0 Å². The molecule has 0 saturated carbocycles. The van der Waals surface area contributed by atoms with Crippen LogP contribution in [0.2, 0.25) is 5.02 Å². The first kappa shape index (κ1) is 20.6. The third-order valence-corrected chi connectivity index (χ3v) is 4.84. The van der Waals surface area contributed by atoms with Crippen LogP contribution < -0.4 is 10.6 Å². The lowest BCUT2D eigenvalue weighted by molar-refractivity contribution is -0.125. The Hall–Kier alpha value is -1.67. The maximum absolute atomic E-state index is 13.8. The summed E-state index contributed by atoms with van der Waals surface area (Å²) in [4.78, 5) is 12.5. The second-order valence-electron chi connectivity index (χ2n) is 6.21. The highest BCUT2D eigenvalue weighted by atomic mass is 35.5. The van der Waals surface area contributed by atoms with Gasteiger partial charge in [0.05, 0.1) is 12.1 Å². The van der Waals surface area contributed by atoms with Crippen molar-refractivity contribution in [2.75, 3.05) is 19.6 Å². The number of aromatic nitrogens is 2. The molecule has 1 fully saturated rings. The number of hydrogen-bond donors (Lipinski definition) is 3. The first-order valence-corrected chi connectivity index (χ1v) is 8.44. The van der Waals surface area contributed by atoms with Crippen molar-refractivity contribution < 1.29 is 14.3 Å². The molecule has 0 aliphatic carbocycles. The Morgan fingerprint density at radius 2 is 2.31 bits per heavy atom. The molecular weight excluding hydrogens is 382 g/mol. The molecule has 3 rings (SSSR count). The van der Waals surface area contributed by atoms with Crippen LogP contribution in [-0.2, 0) is 11.8 Å². The number of carbonyl (C=O) groups is 1. The molecule has 2 aromatic rings. The molecule has 0 radical (unpaired) electrons. The molecule has 1 unspecified atom stereocenters. The molecule has 9 heteroatoms. The van der Waals surface area contributed by atoms with Gasteiger partial charge in [-0.05, 0) is 17.7 Å². The van der Waals surface area contributed by atoms with Crippen LogP contribution >= 0.6 is 24.0 Å². The number of carbonyl (C=O) groups excluding carboxylic acids is 1. The second-order valence-corrected chi connectivity index (χ2v) is 6.62. The Balaban J connectivity index is 0.00000243. The largest absolute Gasteiger partial charge is 0.386 e. The summed E-state index contributed by atoms with van der Waals surface area (Å²) in [5.41, 5.74) is 0.989. The van der Waals surface area contributed by atoms with Gasteiger partial charge in [0.15, 0.2) is 0 Å². The van der Waals surface area contributed by atoms with Gasteiger partial charge in [-0.2, -0.15) is 5.10 Å². The molecule has 3 N–H and O–H groups in total. The van der Waals surface area contributed by atoms with Crippen LogP contribution in [0.3, 0.4) is 0 Å². The van der Waals surface area contributed by atoms with E-state index < -0.39 is 11.9 Å². The first-order chi connectivity index (χ1) is 12.0. The average molecular weight is 403 g/mol. The molecule has 1 aliphatic heterocycles. The van der Waals surface area contributed by atoms with Gasteiger partial charge >= 0.3 is 0 Å². The maximum Gasteiger partial charge on any atom is 0.225 e. The Labute approximate surface area is 162 Å².